The van der Waals surface area contributed by atoms with Gasteiger partial charge in [0.15, 0.2) is 5.16 Å². The quantitative estimate of drug-likeness (QED) is 0.515. The van der Waals surface area contributed by atoms with Gasteiger partial charge in [-0.3, -0.25) is 9.36 Å². The Morgan fingerprint density at radius 3 is 2.83 bits per heavy atom. The van der Waals surface area contributed by atoms with E-state index in [2.05, 4.69) is 6.92 Å². The lowest BCUT2D eigenvalue weighted by Gasteiger charge is -2.18. The number of thioether (sulfide) groups is 1. The van der Waals surface area contributed by atoms with Crippen molar-refractivity contribution in [2.75, 3.05) is 6.26 Å². The van der Waals surface area contributed by atoms with E-state index in [9.17, 15) is 4.79 Å². The second-order valence-electron chi connectivity index (χ2n) is 6.11. The highest BCUT2D eigenvalue weighted by atomic mass is 32.2. The molecule has 0 saturated carbocycles. The Kier molecular flexibility index (Phi) is 3.77. The summed E-state index contributed by atoms with van der Waals surface area (Å²) >= 11 is 3.24. The third-order valence-corrected chi connectivity index (χ3v) is 6.32. The number of benzene rings is 1. The van der Waals surface area contributed by atoms with Crippen molar-refractivity contribution in [2.45, 2.75) is 31.3 Å². The number of aromatic nitrogens is 2. The van der Waals surface area contributed by atoms with Gasteiger partial charge >= 0.3 is 0 Å². The first kappa shape index (κ1) is 15.0. The molecule has 1 aromatic carbocycles. The number of hydrogen-bond donors (Lipinski definition) is 0. The molecule has 5 heteroatoms. The molecule has 0 spiro atoms. The van der Waals surface area contributed by atoms with Crippen LogP contribution in [0, 0.1) is 5.92 Å². The van der Waals surface area contributed by atoms with E-state index in [-0.39, 0.29) is 5.56 Å². The Hall–Kier alpha value is -1.59. The van der Waals surface area contributed by atoms with Crippen LogP contribution in [0.1, 0.15) is 23.8 Å². The van der Waals surface area contributed by atoms with Crippen molar-refractivity contribution in [2.24, 2.45) is 5.92 Å². The smallest absolute Gasteiger partial charge is 0.267 e. The minimum Gasteiger partial charge on any atom is -0.268 e. The molecular formula is C18H18N2OS2. The molecule has 1 aliphatic rings. The molecule has 1 atom stereocenters. The SMILES string of the molecule is CSc1nc2sc3c(c2c(=O)n1-c1ccccc1)C[C@H](C)CC3. The summed E-state index contributed by atoms with van der Waals surface area (Å²) < 4.78 is 1.76. The van der Waals surface area contributed by atoms with E-state index in [1.807, 2.05) is 36.6 Å². The van der Waals surface area contributed by atoms with Crippen LogP contribution in [0.25, 0.3) is 15.9 Å². The average molecular weight is 342 g/mol. The summed E-state index contributed by atoms with van der Waals surface area (Å²) in [5.74, 6) is 0.644. The van der Waals surface area contributed by atoms with E-state index >= 15 is 0 Å². The summed E-state index contributed by atoms with van der Waals surface area (Å²) in [4.78, 5) is 20.3. The van der Waals surface area contributed by atoms with Crippen LogP contribution in [0.2, 0.25) is 0 Å². The molecule has 4 rings (SSSR count). The molecule has 3 aromatic rings. The Labute approximate surface area is 143 Å². The fourth-order valence-electron chi connectivity index (χ4n) is 3.32. The molecule has 23 heavy (non-hydrogen) atoms. The fraction of sp³-hybridized carbons (Fsp3) is 0.333. The molecule has 0 bridgehead atoms. The van der Waals surface area contributed by atoms with Crippen LogP contribution in [0.5, 0.6) is 0 Å². The summed E-state index contributed by atoms with van der Waals surface area (Å²) in [5.41, 5.74) is 2.22. The van der Waals surface area contributed by atoms with E-state index in [1.165, 1.54) is 28.6 Å². The van der Waals surface area contributed by atoms with Crippen LogP contribution >= 0.6 is 23.1 Å². The molecule has 2 heterocycles. The molecule has 0 amide bonds. The highest BCUT2D eigenvalue weighted by Crippen LogP contribution is 2.36. The van der Waals surface area contributed by atoms with Crippen LogP contribution in [-0.4, -0.2) is 15.8 Å². The fourth-order valence-corrected chi connectivity index (χ4v) is 5.14. The Morgan fingerprint density at radius 1 is 1.30 bits per heavy atom. The summed E-state index contributed by atoms with van der Waals surface area (Å²) in [6, 6.07) is 9.82. The van der Waals surface area contributed by atoms with Gasteiger partial charge in [0.1, 0.15) is 4.83 Å². The van der Waals surface area contributed by atoms with Crippen LogP contribution in [0.4, 0.5) is 0 Å². The third-order valence-electron chi connectivity index (χ3n) is 4.49. The van der Waals surface area contributed by atoms with Gasteiger partial charge < -0.3 is 0 Å². The predicted octanol–water partition coefficient (Wildman–Crippen LogP) is 4.29. The Bertz CT molecular complexity index is 928. The lowest BCUT2D eigenvalue weighted by atomic mass is 9.89. The van der Waals surface area contributed by atoms with Crippen molar-refractivity contribution in [3.63, 3.8) is 0 Å². The maximum atomic E-state index is 13.3. The lowest BCUT2D eigenvalue weighted by Crippen LogP contribution is -2.22. The highest BCUT2D eigenvalue weighted by molar-refractivity contribution is 7.98. The predicted molar refractivity (Wildman–Crippen MR) is 98.2 cm³/mol. The zero-order valence-corrected chi connectivity index (χ0v) is 14.8. The standard InChI is InChI=1S/C18H18N2OS2/c1-11-8-9-14-13(10-11)15-16(23-14)19-18(22-2)20(17(15)21)12-6-4-3-5-7-12/h3-7,11H,8-10H2,1-2H3/t11-/m1/s1. The van der Waals surface area contributed by atoms with E-state index in [1.54, 1.807) is 15.9 Å². The summed E-state index contributed by atoms with van der Waals surface area (Å²) in [5, 5.41) is 1.61. The van der Waals surface area contributed by atoms with E-state index < -0.39 is 0 Å². The van der Waals surface area contributed by atoms with Crippen molar-refractivity contribution < 1.29 is 0 Å². The zero-order valence-electron chi connectivity index (χ0n) is 13.2. The van der Waals surface area contributed by atoms with Crippen LogP contribution < -0.4 is 5.56 Å². The molecular weight excluding hydrogens is 324 g/mol. The number of hydrogen-bond acceptors (Lipinski definition) is 4. The first-order valence-corrected chi connectivity index (χ1v) is 9.90. The van der Waals surface area contributed by atoms with Gasteiger partial charge in [-0.1, -0.05) is 36.9 Å². The monoisotopic (exact) mass is 342 g/mol. The molecule has 2 aromatic heterocycles. The van der Waals surface area contributed by atoms with E-state index in [4.69, 9.17) is 4.98 Å². The minimum atomic E-state index is 0.0807. The summed E-state index contributed by atoms with van der Waals surface area (Å²) in [6.45, 7) is 2.27. The molecule has 0 aliphatic heterocycles. The largest absolute Gasteiger partial charge is 0.268 e. The van der Waals surface area contributed by atoms with Crippen molar-refractivity contribution in [3.8, 4) is 5.69 Å². The minimum absolute atomic E-state index is 0.0807. The average Bonchev–Trinajstić information content (AvgIpc) is 2.93. The van der Waals surface area contributed by atoms with Gasteiger partial charge in [-0.05, 0) is 49.1 Å². The first-order valence-electron chi connectivity index (χ1n) is 7.85. The summed E-state index contributed by atoms with van der Waals surface area (Å²) in [6.07, 6.45) is 5.27. The number of para-hydroxylation sites is 1. The Balaban J connectivity index is 2.05. The Morgan fingerprint density at radius 2 is 2.09 bits per heavy atom. The van der Waals surface area contributed by atoms with Gasteiger partial charge in [0.05, 0.1) is 11.1 Å². The molecule has 0 N–H and O–H groups in total. The molecule has 0 unspecified atom stereocenters. The van der Waals surface area contributed by atoms with Crippen LogP contribution in [-0.2, 0) is 12.8 Å². The van der Waals surface area contributed by atoms with Crippen LogP contribution in [0.15, 0.2) is 40.3 Å². The topological polar surface area (TPSA) is 34.9 Å². The summed E-state index contributed by atoms with van der Waals surface area (Å²) in [7, 11) is 0. The molecule has 3 nitrogen and oxygen atoms in total. The maximum absolute atomic E-state index is 13.3. The molecule has 0 radical (unpaired) electrons. The van der Waals surface area contributed by atoms with Crippen molar-refractivity contribution in [1.29, 1.82) is 0 Å². The van der Waals surface area contributed by atoms with Crippen molar-refractivity contribution in [3.05, 3.63) is 51.1 Å². The van der Waals surface area contributed by atoms with E-state index in [0.29, 0.717) is 5.92 Å². The lowest BCUT2D eigenvalue weighted by molar-refractivity contribution is 0.508. The van der Waals surface area contributed by atoms with Gasteiger partial charge in [-0.15, -0.1) is 11.3 Å². The molecule has 1 aliphatic carbocycles. The van der Waals surface area contributed by atoms with Gasteiger partial charge in [0.25, 0.3) is 5.56 Å². The van der Waals surface area contributed by atoms with Gasteiger partial charge in [-0.2, -0.15) is 0 Å². The number of rotatable bonds is 2. The molecule has 118 valence electrons. The van der Waals surface area contributed by atoms with Gasteiger partial charge in [0.2, 0.25) is 0 Å². The number of aryl methyl sites for hydroxylation is 1. The number of thiophene rings is 1. The third kappa shape index (κ3) is 2.42. The molecule has 0 fully saturated rings. The van der Waals surface area contributed by atoms with Crippen molar-refractivity contribution >= 4 is 33.3 Å². The van der Waals surface area contributed by atoms with E-state index in [0.717, 1.165) is 33.9 Å². The normalized spacial score (nSPS) is 17.4. The highest BCUT2D eigenvalue weighted by Gasteiger charge is 2.24. The van der Waals surface area contributed by atoms with Crippen molar-refractivity contribution in [1.82, 2.24) is 9.55 Å². The number of nitrogens with zero attached hydrogens (tertiary/aromatic N) is 2. The maximum Gasteiger partial charge on any atom is 0.267 e. The van der Waals surface area contributed by atoms with Gasteiger partial charge in [0, 0.05) is 4.88 Å². The molecule has 0 saturated heterocycles. The first-order chi connectivity index (χ1) is 11.2. The second-order valence-corrected chi connectivity index (χ2v) is 7.96. The van der Waals surface area contributed by atoms with Crippen LogP contribution in [0.3, 0.4) is 0 Å². The number of fused-ring (bicyclic) bond motifs is 3. The zero-order chi connectivity index (χ0) is 16.0. The second kappa shape index (κ2) is 5.80. The van der Waals surface area contributed by atoms with Gasteiger partial charge in [-0.25, -0.2) is 4.98 Å².